The third-order valence-electron chi connectivity index (χ3n) is 4.92. The van der Waals surface area contributed by atoms with E-state index >= 15 is 0 Å². The van der Waals surface area contributed by atoms with Crippen molar-refractivity contribution in [3.8, 4) is 10.8 Å². The van der Waals surface area contributed by atoms with Crippen LogP contribution >= 0.6 is 11.3 Å². The summed E-state index contributed by atoms with van der Waals surface area (Å²) in [7, 11) is 0. The van der Waals surface area contributed by atoms with Crippen molar-refractivity contribution in [3.05, 3.63) is 64.9 Å². The molecule has 1 aliphatic rings. The predicted octanol–water partition coefficient (Wildman–Crippen LogP) is 5.26. The number of rotatable bonds is 7. The molecule has 1 fully saturated rings. The van der Waals surface area contributed by atoms with Gasteiger partial charge in [0.25, 0.3) is 0 Å². The second-order valence-corrected chi connectivity index (χ2v) is 8.31. The fourth-order valence-electron chi connectivity index (χ4n) is 3.17. The summed E-state index contributed by atoms with van der Waals surface area (Å²) in [6, 6.07) is 12.8. The van der Waals surface area contributed by atoms with Gasteiger partial charge in [-0.15, -0.1) is 11.3 Å². The van der Waals surface area contributed by atoms with Crippen LogP contribution in [-0.4, -0.2) is 21.8 Å². The predicted molar refractivity (Wildman–Crippen MR) is 108 cm³/mol. The Morgan fingerprint density at radius 2 is 2.04 bits per heavy atom. The van der Waals surface area contributed by atoms with Crippen molar-refractivity contribution in [3.63, 3.8) is 0 Å². The highest BCUT2D eigenvalue weighted by Gasteiger charge is 2.32. The van der Waals surface area contributed by atoms with E-state index in [1.807, 2.05) is 22.4 Å². The molecule has 5 heteroatoms. The number of carbonyl (C=O) groups excluding carboxylic acids is 1. The van der Waals surface area contributed by atoms with Gasteiger partial charge in [0.1, 0.15) is 0 Å². The van der Waals surface area contributed by atoms with Gasteiger partial charge in [0.15, 0.2) is 10.8 Å². The summed E-state index contributed by atoms with van der Waals surface area (Å²) in [5.74, 6) is 1.43. The Balaban J connectivity index is 1.43. The molecular formula is C22H24N2O2S. The van der Waals surface area contributed by atoms with Gasteiger partial charge in [-0.05, 0) is 42.0 Å². The second-order valence-electron chi connectivity index (χ2n) is 7.45. The van der Waals surface area contributed by atoms with Gasteiger partial charge >= 0.3 is 0 Å². The number of hydrogen-bond acceptors (Lipinski definition) is 4. The third-order valence-corrected chi connectivity index (χ3v) is 5.83. The lowest BCUT2D eigenvalue weighted by Crippen LogP contribution is -2.33. The third kappa shape index (κ3) is 4.30. The van der Waals surface area contributed by atoms with E-state index in [1.165, 1.54) is 22.5 Å². The fourth-order valence-corrected chi connectivity index (χ4v) is 3.96. The number of nitrogens with zero attached hydrogens (tertiary/aromatic N) is 2. The minimum atomic E-state index is 0.154. The van der Waals surface area contributed by atoms with Crippen molar-refractivity contribution >= 4 is 17.2 Å². The molecule has 0 spiro atoms. The van der Waals surface area contributed by atoms with Crippen LogP contribution in [0.5, 0.6) is 0 Å². The van der Waals surface area contributed by atoms with E-state index in [0.717, 1.165) is 29.3 Å². The average Bonchev–Trinajstić information content (AvgIpc) is 3.15. The highest BCUT2D eigenvalue weighted by Crippen LogP contribution is 2.30. The summed E-state index contributed by atoms with van der Waals surface area (Å²) in [4.78, 5) is 19.5. The summed E-state index contributed by atoms with van der Waals surface area (Å²) in [5.41, 5.74) is 3.34. The fraction of sp³-hybridized carbons (Fsp3) is 0.364. The molecule has 1 amide bonds. The topological polar surface area (TPSA) is 46.3 Å². The summed E-state index contributed by atoms with van der Waals surface area (Å²) in [6.07, 6.45) is 4.19. The van der Waals surface area contributed by atoms with Crippen molar-refractivity contribution in [1.82, 2.24) is 9.88 Å². The Morgan fingerprint density at radius 1 is 1.26 bits per heavy atom. The Morgan fingerprint density at radius 3 is 2.67 bits per heavy atom. The maximum absolute atomic E-state index is 12.9. The molecule has 0 aliphatic heterocycles. The molecule has 1 aliphatic carbocycles. The monoisotopic (exact) mass is 380 g/mol. The summed E-state index contributed by atoms with van der Waals surface area (Å²) >= 11 is 1.52. The number of hydrogen-bond donors (Lipinski definition) is 0. The first-order valence-corrected chi connectivity index (χ1v) is 10.3. The highest BCUT2D eigenvalue weighted by molar-refractivity contribution is 7.13. The number of thiazole rings is 1. The van der Waals surface area contributed by atoms with Gasteiger partial charge in [-0.25, -0.2) is 4.98 Å². The zero-order valence-electron chi connectivity index (χ0n) is 15.7. The van der Waals surface area contributed by atoms with Gasteiger partial charge in [0.2, 0.25) is 5.91 Å². The summed E-state index contributed by atoms with van der Waals surface area (Å²) < 4.78 is 5.39. The lowest BCUT2D eigenvalue weighted by Gasteiger charge is -2.22. The van der Waals surface area contributed by atoms with Crippen LogP contribution in [0.3, 0.4) is 0 Å². The molecule has 2 heterocycles. The quantitative estimate of drug-likeness (QED) is 0.562. The molecule has 4 rings (SSSR count). The Bertz CT molecular complexity index is 893. The lowest BCUT2D eigenvalue weighted by atomic mass is 10.0. The Labute approximate surface area is 163 Å². The number of amides is 1. The van der Waals surface area contributed by atoms with E-state index in [4.69, 9.17) is 4.42 Å². The van der Waals surface area contributed by atoms with E-state index in [2.05, 4.69) is 43.1 Å². The van der Waals surface area contributed by atoms with Crippen LogP contribution in [0.1, 0.15) is 49.4 Å². The summed E-state index contributed by atoms with van der Waals surface area (Å²) in [6.45, 7) is 5.07. The van der Waals surface area contributed by atoms with Gasteiger partial charge in [-0.2, -0.15) is 0 Å². The van der Waals surface area contributed by atoms with E-state index in [-0.39, 0.29) is 5.91 Å². The average molecular weight is 381 g/mol. The van der Waals surface area contributed by atoms with E-state index < -0.39 is 0 Å². The number of carbonyl (C=O) groups is 1. The molecule has 3 aromatic rings. The van der Waals surface area contributed by atoms with Crippen LogP contribution in [-0.2, 0) is 17.8 Å². The van der Waals surface area contributed by atoms with Gasteiger partial charge < -0.3 is 9.32 Å². The zero-order chi connectivity index (χ0) is 18.8. The molecule has 1 aromatic carbocycles. The van der Waals surface area contributed by atoms with Crippen molar-refractivity contribution in [2.45, 2.75) is 51.6 Å². The van der Waals surface area contributed by atoms with Gasteiger partial charge in [0.05, 0.1) is 18.4 Å². The number of benzene rings is 1. The first-order chi connectivity index (χ1) is 13.1. The molecule has 0 bridgehead atoms. The maximum Gasteiger partial charge on any atom is 0.229 e. The van der Waals surface area contributed by atoms with Crippen LogP contribution in [0.15, 0.2) is 52.5 Å². The first-order valence-electron chi connectivity index (χ1n) is 9.46. The van der Waals surface area contributed by atoms with Crippen molar-refractivity contribution in [2.24, 2.45) is 0 Å². The van der Waals surface area contributed by atoms with Crippen LogP contribution in [0.4, 0.5) is 0 Å². The van der Waals surface area contributed by atoms with E-state index in [9.17, 15) is 4.79 Å². The molecule has 0 saturated heterocycles. The minimum absolute atomic E-state index is 0.154. The minimum Gasteiger partial charge on any atom is -0.462 e. The molecule has 0 N–H and O–H groups in total. The second kappa shape index (κ2) is 7.69. The largest absolute Gasteiger partial charge is 0.462 e. The molecular weight excluding hydrogens is 356 g/mol. The molecule has 0 unspecified atom stereocenters. The number of furan rings is 1. The van der Waals surface area contributed by atoms with Crippen LogP contribution in [0, 0.1) is 0 Å². The maximum atomic E-state index is 12.9. The molecule has 2 aromatic heterocycles. The molecule has 0 atom stereocenters. The number of aromatic nitrogens is 1. The molecule has 4 nitrogen and oxygen atoms in total. The van der Waals surface area contributed by atoms with E-state index in [1.54, 1.807) is 6.26 Å². The zero-order valence-corrected chi connectivity index (χ0v) is 16.5. The van der Waals surface area contributed by atoms with E-state index in [0.29, 0.717) is 24.9 Å². The Kier molecular flexibility index (Phi) is 5.12. The van der Waals surface area contributed by atoms with Crippen molar-refractivity contribution in [2.75, 3.05) is 0 Å². The standard InChI is InChI=1S/C22H24N2O2S/c1-15(2)17-7-5-16(6-8-17)13-24(19-9-10-19)21(25)12-18-14-27-22(23-18)20-4-3-11-26-20/h3-8,11,14-15,19H,9-10,12-13H2,1-2H3. The van der Waals surface area contributed by atoms with Crippen LogP contribution in [0.25, 0.3) is 10.8 Å². The van der Waals surface area contributed by atoms with Crippen molar-refractivity contribution < 1.29 is 9.21 Å². The smallest absolute Gasteiger partial charge is 0.229 e. The van der Waals surface area contributed by atoms with Gasteiger partial charge in [0, 0.05) is 18.0 Å². The molecule has 0 radical (unpaired) electrons. The molecule has 27 heavy (non-hydrogen) atoms. The highest BCUT2D eigenvalue weighted by atomic mass is 32.1. The normalized spacial score (nSPS) is 13.9. The molecule has 1 saturated carbocycles. The SMILES string of the molecule is CC(C)c1ccc(CN(C(=O)Cc2csc(-c3ccco3)n2)C2CC2)cc1. The van der Waals surface area contributed by atoms with Gasteiger partial charge in [-0.1, -0.05) is 38.1 Å². The first kappa shape index (κ1) is 18.0. The van der Waals surface area contributed by atoms with Crippen molar-refractivity contribution in [1.29, 1.82) is 0 Å². The molecule has 140 valence electrons. The summed E-state index contributed by atoms with van der Waals surface area (Å²) in [5, 5.41) is 2.78. The van der Waals surface area contributed by atoms with Crippen LogP contribution < -0.4 is 0 Å². The Hall–Kier alpha value is -2.40. The lowest BCUT2D eigenvalue weighted by molar-refractivity contribution is -0.131. The van der Waals surface area contributed by atoms with Crippen LogP contribution in [0.2, 0.25) is 0 Å². The van der Waals surface area contributed by atoms with Gasteiger partial charge in [-0.3, -0.25) is 4.79 Å².